The molecule has 1 saturated heterocycles. The number of hydrogen-bond donors (Lipinski definition) is 1. The number of aliphatic hydroxyl groups is 1. The van der Waals surface area contributed by atoms with E-state index in [1.54, 1.807) is 24.1 Å². The first-order chi connectivity index (χ1) is 14.1. The SMILES string of the molecule is COc1ccccc1CN(CCO)C(=O)C(c1ccc(F)cc1)N1CCCCC1. The van der Waals surface area contributed by atoms with E-state index in [1.807, 2.05) is 24.3 Å². The summed E-state index contributed by atoms with van der Waals surface area (Å²) in [5.74, 6) is 0.304. The van der Waals surface area contributed by atoms with E-state index < -0.39 is 6.04 Å². The lowest BCUT2D eigenvalue weighted by Crippen LogP contribution is -2.45. The van der Waals surface area contributed by atoms with Gasteiger partial charge in [0.25, 0.3) is 0 Å². The number of carbonyl (C=O) groups is 1. The summed E-state index contributed by atoms with van der Waals surface area (Å²) >= 11 is 0. The molecule has 29 heavy (non-hydrogen) atoms. The highest BCUT2D eigenvalue weighted by atomic mass is 19.1. The number of para-hydroxylation sites is 1. The normalized spacial score (nSPS) is 15.7. The van der Waals surface area contributed by atoms with Crippen LogP contribution in [0.1, 0.15) is 36.4 Å². The van der Waals surface area contributed by atoms with Gasteiger partial charge in [0.15, 0.2) is 0 Å². The summed E-state index contributed by atoms with van der Waals surface area (Å²) in [5.41, 5.74) is 1.66. The summed E-state index contributed by atoms with van der Waals surface area (Å²) in [6, 6.07) is 13.3. The Balaban J connectivity index is 1.90. The van der Waals surface area contributed by atoms with Gasteiger partial charge < -0.3 is 14.7 Å². The van der Waals surface area contributed by atoms with Gasteiger partial charge in [-0.25, -0.2) is 4.39 Å². The van der Waals surface area contributed by atoms with Crippen molar-refractivity contribution in [2.45, 2.75) is 31.8 Å². The van der Waals surface area contributed by atoms with Crippen molar-refractivity contribution in [3.8, 4) is 5.75 Å². The van der Waals surface area contributed by atoms with Gasteiger partial charge in [-0.2, -0.15) is 0 Å². The number of methoxy groups -OCH3 is 1. The van der Waals surface area contributed by atoms with Crippen molar-refractivity contribution in [3.05, 3.63) is 65.5 Å². The van der Waals surface area contributed by atoms with Crippen LogP contribution in [0.25, 0.3) is 0 Å². The topological polar surface area (TPSA) is 53.0 Å². The minimum absolute atomic E-state index is 0.0848. The fourth-order valence-corrected chi connectivity index (χ4v) is 3.93. The van der Waals surface area contributed by atoms with Crippen LogP contribution in [0.15, 0.2) is 48.5 Å². The maximum atomic E-state index is 13.7. The van der Waals surface area contributed by atoms with Crippen molar-refractivity contribution >= 4 is 5.91 Å². The number of aliphatic hydroxyl groups excluding tert-OH is 1. The first-order valence-corrected chi connectivity index (χ1v) is 10.1. The van der Waals surface area contributed by atoms with E-state index in [-0.39, 0.29) is 24.9 Å². The van der Waals surface area contributed by atoms with E-state index in [4.69, 9.17) is 4.74 Å². The number of likely N-dealkylation sites (tertiary alicyclic amines) is 1. The van der Waals surface area contributed by atoms with Crippen LogP contribution >= 0.6 is 0 Å². The smallest absolute Gasteiger partial charge is 0.244 e. The molecule has 1 heterocycles. The standard InChI is InChI=1S/C23H29FN2O3/c1-29-21-8-4-3-7-19(21)17-26(15-16-27)23(28)22(25-13-5-2-6-14-25)18-9-11-20(24)12-10-18/h3-4,7-12,22,27H,2,5-6,13-17H2,1H3. The van der Waals surface area contributed by atoms with Gasteiger partial charge in [0.05, 0.1) is 13.7 Å². The third-order valence-electron chi connectivity index (χ3n) is 5.41. The monoisotopic (exact) mass is 400 g/mol. The molecular weight excluding hydrogens is 371 g/mol. The largest absolute Gasteiger partial charge is 0.496 e. The highest BCUT2D eigenvalue weighted by Gasteiger charge is 2.32. The van der Waals surface area contributed by atoms with Crippen LogP contribution < -0.4 is 4.74 Å². The van der Waals surface area contributed by atoms with Crippen molar-refractivity contribution in [2.75, 3.05) is 33.4 Å². The number of rotatable bonds is 8. The number of ether oxygens (including phenoxy) is 1. The van der Waals surface area contributed by atoms with Crippen LogP contribution in [0.3, 0.4) is 0 Å². The lowest BCUT2D eigenvalue weighted by Gasteiger charge is -2.37. The molecule has 156 valence electrons. The molecule has 1 atom stereocenters. The number of benzene rings is 2. The molecule has 2 aromatic carbocycles. The average molecular weight is 400 g/mol. The Morgan fingerprint density at radius 3 is 2.48 bits per heavy atom. The zero-order chi connectivity index (χ0) is 20.6. The summed E-state index contributed by atoms with van der Waals surface area (Å²) in [6.07, 6.45) is 3.23. The molecule has 1 amide bonds. The molecule has 0 bridgehead atoms. The molecule has 0 aromatic heterocycles. The second kappa shape index (κ2) is 10.4. The summed E-state index contributed by atoms with van der Waals surface area (Å²) in [6.45, 7) is 2.10. The Labute approximate surface area is 171 Å². The molecule has 2 aromatic rings. The van der Waals surface area contributed by atoms with Gasteiger partial charge in [-0.1, -0.05) is 36.8 Å². The van der Waals surface area contributed by atoms with Crippen LogP contribution in [-0.2, 0) is 11.3 Å². The maximum absolute atomic E-state index is 13.7. The van der Waals surface area contributed by atoms with E-state index in [0.717, 1.165) is 43.5 Å². The lowest BCUT2D eigenvalue weighted by molar-refractivity contribution is -0.139. The van der Waals surface area contributed by atoms with E-state index in [0.29, 0.717) is 12.3 Å². The molecule has 0 spiro atoms. The molecule has 1 N–H and O–H groups in total. The van der Waals surface area contributed by atoms with E-state index >= 15 is 0 Å². The number of piperidine rings is 1. The minimum Gasteiger partial charge on any atom is -0.496 e. The molecule has 0 radical (unpaired) electrons. The Hall–Kier alpha value is -2.44. The molecule has 6 heteroatoms. The third-order valence-corrected chi connectivity index (χ3v) is 5.41. The van der Waals surface area contributed by atoms with Crippen LogP contribution in [0.2, 0.25) is 0 Å². The van der Waals surface area contributed by atoms with Crippen LogP contribution in [0.5, 0.6) is 5.75 Å². The van der Waals surface area contributed by atoms with Gasteiger partial charge >= 0.3 is 0 Å². The predicted octanol–water partition coefficient (Wildman–Crippen LogP) is 3.38. The molecule has 1 fully saturated rings. The summed E-state index contributed by atoms with van der Waals surface area (Å²) in [4.78, 5) is 17.5. The Morgan fingerprint density at radius 2 is 1.83 bits per heavy atom. The molecule has 3 rings (SSSR count). The van der Waals surface area contributed by atoms with Crippen LogP contribution in [-0.4, -0.2) is 54.2 Å². The van der Waals surface area contributed by atoms with E-state index in [1.165, 1.54) is 12.1 Å². The van der Waals surface area contributed by atoms with Crippen molar-refractivity contribution < 1.29 is 19.0 Å². The molecule has 5 nitrogen and oxygen atoms in total. The van der Waals surface area contributed by atoms with Gasteiger partial charge in [-0.15, -0.1) is 0 Å². The average Bonchev–Trinajstić information content (AvgIpc) is 2.76. The summed E-state index contributed by atoms with van der Waals surface area (Å²) in [7, 11) is 1.60. The second-order valence-corrected chi connectivity index (χ2v) is 7.35. The van der Waals surface area contributed by atoms with Crippen molar-refractivity contribution in [2.24, 2.45) is 0 Å². The number of halogens is 1. The Bertz CT molecular complexity index is 791. The predicted molar refractivity (Wildman–Crippen MR) is 110 cm³/mol. The first-order valence-electron chi connectivity index (χ1n) is 10.1. The Kier molecular flexibility index (Phi) is 7.61. The Morgan fingerprint density at radius 1 is 1.14 bits per heavy atom. The summed E-state index contributed by atoms with van der Waals surface area (Å²) in [5, 5.41) is 9.60. The van der Waals surface area contributed by atoms with Gasteiger partial charge in [0, 0.05) is 18.7 Å². The highest BCUT2D eigenvalue weighted by molar-refractivity contribution is 5.83. The molecule has 1 unspecified atom stereocenters. The van der Waals surface area contributed by atoms with E-state index in [9.17, 15) is 14.3 Å². The van der Waals surface area contributed by atoms with Crippen molar-refractivity contribution in [1.82, 2.24) is 9.80 Å². The minimum atomic E-state index is -0.489. The maximum Gasteiger partial charge on any atom is 0.244 e. The zero-order valence-corrected chi connectivity index (χ0v) is 16.9. The number of hydrogen-bond acceptors (Lipinski definition) is 4. The van der Waals surface area contributed by atoms with Gasteiger partial charge in [-0.05, 0) is 49.7 Å². The molecule has 0 saturated carbocycles. The van der Waals surface area contributed by atoms with Gasteiger partial charge in [0.2, 0.25) is 5.91 Å². The zero-order valence-electron chi connectivity index (χ0n) is 16.9. The van der Waals surface area contributed by atoms with Crippen molar-refractivity contribution in [1.29, 1.82) is 0 Å². The van der Waals surface area contributed by atoms with Gasteiger partial charge in [-0.3, -0.25) is 9.69 Å². The fraction of sp³-hybridized carbons (Fsp3) is 0.435. The second-order valence-electron chi connectivity index (χ2n) is 7.35. The lowest BCUT2D eigenvalue weighted by atomic mass is 10.00. The number of nitrogens with zero attached hydrogens (tertiary/aromatic N) is 2. The first kappa shape index (κ1) is 21.3. The van der Waals surface area contributed by atoms with Gasteiger partial charge in [0.1, 0.15) is 17.6 Å². The molecular formula is C23H29FN2O3. The quantitative estimate of drug-likeness (QED) is 0.738. The van der Waals surface area contributed by atoms with E-state index in [2.05, 4.69) is 4.90 Å². The molecule has 0 aliphatic carbocycles. The summed E-state index contributed by atoms with van der Waals surface area (Å²) < 4.78 is 18.9. The van der Waals surface area contributed by atoms with Crippen LogP contribution in [0, 0.1) is 5.82 Å². The van der Waals surface area contributed by atoms with Crippen LogP contribution in [0.4, 0.5) is 4.39 Å². The number of carbonyl (C=O) groups excluding carboxylic acids is 1. The highest BCUT2D eigenvalue weighted by Crippen LogP contribution is 2.28. The third kappa shape index (κ3) is 5.34. The number of amides is 1. The molecule has 1 aliphatic heterocycles. The molecule has 1 aliphatic rings. The van der Waals surface area contributed by atoms with Crippen molar-refractivity contribution in [3.63, 3.8) is 0 Å². The fourth-order valence-electron chi connectivity index (χ4n) is 3.93.